The molecule has 2 rings (SSSR count). The van der Waals surface area contributed by atoms with Crippen LogP contribution in [0, 0.1) is 13.8 Å². The Bertz CT molecular complexity index is 588. The van der Waals surface area contributed by atoms with Crippen LogP contribution in [0.1, 0.15) is 54.2 Å². The summed E-state index contributed by atoms with van der Waals surface area (Å²) in [4.78, 5) is 4.82. The van der Waals surface area contributed by atoms with E-state index < -0.39 is 0 Å². The molecule has 0 fully saturated rings. The molecule has 0 aliphatic carbocycles. The summed E-state index contributed by atoms with van der Waals surface area (Å²) in [5.41, 5.74) is 5.31. The summed E-state index contributed by atoms with van der Waals surface area (Å²) in [6.07, 6.45) is 0.945. The van der Waals surface area contributed by atoms with Crippen LogP contribution in [0.15, 0.2) is 23.6 Å². The highest BCUT2D eigenvalue weighted by atomic mass is 32.1. The quantitative estimate of drug-likeness (QED) is 0.895. The van der Waals surface area contributed by atoms with Crippen molar-refractivity contribution in [3.63, 3.8) is 0 Å². The van der Waals surface area contributed by atoms with Crippen LogP contribution in [0.2, 0.25) is 0 Å². The summed E-state index contributed by atoms with van der Waals surface area (Å²) in [7, 11) is 2.03. The standard InChI is InChI=1S/C18H26N2S/c1-12-7-13(2)9-14(8-12)15(19-6)10-17-20-16(11-21-17)18(3,4)5/h7-9,11,15,19H,10H2,1-6H3. The van der Waals surface area contributed by atoms with E-state index in [1.807, 2.05) is 7.05 Å². The zero-order chi connectivity index (χ0) is 15.6. The van der Waals surface area contributed by atoms with Gasteiger partial charge in [-0.25, -0.2) is 4.98 Å². The fourth-order valence-corrected chi connectivity index (χ4v) is 3.59. The average molecular weight is 302 g/mol. The summed E-state index contributed by atoms with van der Waals surface area (Å²) >= 11 is 1.77. The molecule has 1 atom stereocenters. The maximum absolute atomic E-state index is 4.82. The second-order valence-electron chi connectivity index (χ2n) is 6.84. The van der Waals surface area contributed by atoms with Crippen molar-refractivity contribution < 1.29 is 0 Å². The number of benzene rings is 1. The largest absolute Gasteiger partial charge is 0.313 e. The minimum Gasteiger partial charge on any atom is -0.313 e. The predicted octanol–water partition coefficient (Wildman–Crippen LogP) is 4.56. The number of likely N-dealkylation sites (N-methyl/N-ethyl adjacent to an activating group) is 1. The summed E-state index contributed by atoms with van der Waals surface area (Å²) < 4.78 is 0. The van der Waals surface area contributed by atoms with Crippen molar-refractivity contribution in [1.82, 2.24) is 10.3 Å². The highest BCUT2D eigenvalue weighted by Crippen LogP contribution is 2.27. The van der Waals surface area contributed by atoms with Crippen LogP contribution in [0.25, 0.3) is 0 Å². The molecule has 1 heterocycles. The van der Waals surface area contributed by atoms with Crippen LogP contribution in [0.3, 0.4) is 0 Å². The van der Waals surface area contributed by atoms with E-state index >= 15 is 0 Å². The number of nitrogens with zero attached hydrogens (tertiary/aromatic N) is 1. The Morgan fingerprint density at radius 1 is 1.14 bits per heavy atom. The molecule has 0 spiro atoms. The number of aryl methyl sites for hydroxylation is 2. The van der Waals surface area contributed by atoms with Gasteiger partial charge in [-0.1, -0.05) is 50.1 Å². The molecule has 0 aliphatic heterocycles. The first kappa shape index (κ1) is 16.2. The van der Waals surface area contributed by atoms with Crippen molar-refractivity contribution in [3.05, 3.63) is 51.0 Å². The fourth-order valence-electron chi connectivity index (χ4n) is 2.52. The van der Waals surface area contributed by atoms with Gasteiger partial charge in [0.1, 0.15) is 0 Å². The van der Waals surface area contributed by atoms with Crippen molar-refractivity contribution in [1.29, 1.82) is 0 Å². The lowest BCUT2D eigenvalue weighted by Crippen LogP contribution is -2.19. The molecule has 3 heteroatoms. The molecular weight excluding hydrogens is 276 g/mol. The maximum atomic E-state index is 4.82. The van der Waals surface area contributed by atoms with Crippen LogP contribution in [-0.4, -0.2) is 12.0 Å². The van der Waals surface area contributed by atoms with Crippen LogP contribution in [0.5, 0.6) is 0 Å². The molecule has 0 saturated heterocycles. The molecule has 2 nitrogen and oxygen atoms in total. The fraction of sp³-hybridized carbons (Fsp3) is 0.500. The Kier molecular flexibility index (Phi) is 4.84. The minimum atomic E-state index is 0.129. The van der Waals surface area contributed by atoms with Crippen molar-refractivity contribution in [2.75, 3.05) is 7.05 Å². The first-order chi connectivity index (χ1) is 9.79. The Hall–Kier alpha value is -1.19. The third-order valence-corrected chi connectivity index (χ3v) is 4.56. The van der Waals surface area contributed by atoms with Crippen LogP contribution in [-0.2, 0) is 11.8 Å². The van der Waals surface area contributed by atoms with E-state index in [-0.39, 0.29) is 5.41 Å². The van der Waals surface area contributed by atoms with E-state index in [4.69, 9.17) is 4.98 Å². The number of thiazole rings is 1. The van der Waals surface area contributed by atoms with Gasteiger partial charge in [-0.3, -0.25) is 0 Å². The van der Waals surface area contributed by atoms with Crippen molar-refractivity contribution >= 4 is 11.3 Å². The van der Waals surface area contributed by atoms with Gasteiger partial charge in [0.05, 0.1) is 10.7 Å². The monoisotopic (exact) mass is 302 g/mol. The van der Waals surface area contributed by atoms with Gasteiger partial charge in [0.15, 0.2) is 0 Å². The highest BCUT2D eigenvalue weighted by Gasteiger charge is 2.19. The van der Waals surface area contributed by atoms with Gasteiger partial charge in [0, 0.05) is 23.3 Å². The molecule has 0 aliphatic rings. The number of hydrogen-bond donors (Lipinski definition) is 1. The van der Waals surface area contributed by atoms with Gasteiger partial charge < -0.3 is 5.32 Å². The summed E-state index contributed by atoms with van der Waals surface area (Å²) in [6.45, 7) is 11.0. The molecule has 21 heavy (non-hydrogen) atoms. The maximum Gasteiger partial charge on any atom is 0.0947 e. The number of hydrogen-bond acceptors (Lipinski definition) is 3. The van der Waals surface area contributed by atoms with Gasteiger partial charge in [-0.15, -0.1) is 11.3 Å². The molecule has 0 bridgehead atoms. The summed E-state index contributed by atoms with van der Waals surface area (Å²) in [5.74, 6) is 0. The molecule has 1 unspecified atom stereocenters. The van der Waals surface area contributed by atoms with E-state index in [1.165, 1.54) is 27.4 Å². The van der Waals surface area contributed by atoms with E-state index in [0.29, 0.717) is 6.04 Å². The molecule has 0 radical (unpaired) electrons. The van der Waals surface area contributed by atoms with E-state index in [2.05, 4.69) is 63.5 Å². The van der Waals surface area contributed by atoms with Crippen molar-refractivity contribution in [3.8, 4) is 0 Å². The zero-order valence-electron chi connectivity index (χ0n) is 13.9. The van der Waals surface area contributed by atoms with E-state index in [9.17, 15) is 0 Å². The number of nitrogens with one attached hydrogen (secondary N) is 1. The third kappa shape index (κ3) is 4.14. The average Bonchev–Trinajstić information content (AvgIpc) is 2.83. The SMILES string of the molecule is CNC(Cc1nc(C(C)(C)C)cs1)c1cc(C)cc(C)c1. The van der Waals surface area contributed by atoms with Crippen LogP contribution >= 0.6 is 11.3 Å². The first-order valence-corrected chi connectivity index (χ1v) is 8.38. The first-order valence-electron chi connectivity index (χ1n) is 7.50. The molecule has 0 amide bonds. The van der Waals surface area contributed by atoms with Crippen molar-refractivity contribution in [2.24, 2.45) is 0 Å². The van der Waals surface area contributed by atoms with Crippen molar-refractivity contribution in [2.45, 2.75) is 52.5 Å². The Balaban J connectivity index is 2.21. The smallest absolute Gasteiger partial charge is 0.0947 e. The van der Waals surface area contributed by atoms with Crippen LogP contribution in [0.4, 0.5) is 0 Å². The number of rotatable bonds is 4. The van der Waals surface area contributed by atoms with Gasteiger partial charge in [0.25, 0.3) is 0 Å². The molecule has 114 valence electrons. The molecular formula is C18H26N2S. The normalized spacial score (nSPS) is 13.4. The highest BCUT2D eigenvalue weighted by molar-refractivity contribution is 7.09. The molecule has 1 N–H and O–H groups in total. The van der Waals surface area contributed by atoms with E-state index in [0.717, 1.165) is 6.42 Å². The lowest BCUT2D eigenvalue weighted by Gasteiger charge is -2.17. The third-order valence-electron chi connectivity index (χ3n) is 3.69. The summed E-state index contributed by atoms with van der Waals surface area (Å²) in [5, 5.41) is 6.84. The second kappa shape index (κ2) is 6.29. The van der Waals surface area contributed by atoms with Gasteiger partial charge in [-0.2, -0.15) is 0 Å². The van der Waals surface area contributed by atoms with E-state index in [1.54, 1.807) is 11.3 Å². The minimum absolute atomic E-state index is 0.129. The Morgan fingerprint density at radius 2 is 1.76 bits per heavy atom. The van der Waals surface area contributed by atoms with Gasteiger partial charge in [-0.05, 0) is 26.5 Å². The van der Waals surface area contributed by atoms with Gasteiger partial charge >= 0.3 is 0 Å². The number of aromatic nitrogens is 1. The topological polar surface area (TPSA) is 24.9 Å². The van der Waals surface area contributed by atoms with Gasteiger partial charge in [0.2, 0.25) is 0 Å². The lowest BCUT2D eigenvalue weighted by molar-refractivity contribution is 0.560. The second-order valence-corrected chi connectivity index (χ2v) is 7.79. The lowest BCUT2D eigenvalue weighted by atomic mass is 9.93. The Labute approximate surface area is 132 Å². The molecule has 1 aromatic carbocycles. The summed E-state index contributed by atoms with van der Waals surface area (Å²) in [6, 6.07) is 7.08. The molecule has 0 saturated carbocycles. The van der Waals surface area contributed by atoms with Crippen LogP contribution < -0.4 is 5.32 Å². The zero-order valence-corrected chi connectivity index (χ0v) is 14.8. The Morgan fingerprint density at radius 3 is 2.24 bits per heavy atom. The molecule has 2 aromatic rings. The predicted molar refractivity (Wildman–Crippen MR) is 92.2 cm³/mol. The molecule has 1 aromatic heterocycles.